The molecule has 2 amide bonds. The van der Waals surface area contributed by atoms with E-state index >= 15 is 0 Å². The van der Waals surface area contributed by atoms with Crippen LogP contribution in [0.1, 0.15) is 15.9 Å². The summed E-state index contributed by atoms with van der Waals surface area (Å²) in [5, 5.41) is 13.0. The molecule has 1 rings (SSSR count). The van der Waals surface area contributed by atoms with Gasteiger partial charge >= 0.3 is 0 Å². The Kier molecular flexibility index (Phi) is 3.76. The van der Waals surface area contributed by atoms with Crippen molar-refractivity contribution in [1.82, 2.24) is 5.32 Å². The molecule has 7 nitrogen and oxygen atoms in total. The Bertz CT molecular complexity index is 484. The van der Waals surface area contributed by atoms with Crippen LogP contribution >= 0.6 is 0 Å². The average Bonchev–Trinajstić information content (AvgIpc) is 2.24. The highest BCUT2D eigenvalue weighted by Gasteiger charge is 2.22. The van der Waals surface area contributed by atoms with Crippen LogP contribution in [-0.2, 0) is 4.79 Å². The highest BCUT2D eigenvalue weighted by atomic mass is 16.6. The van der Waals surface area contributed by atoms with Gasteiger partial charge in [-0.2, -0.15) is 0 Å². The van der Waals surface area contributed by atoms with E-state index in [1.165, 1.54) is 25.1 Å². The first-order chi connectivity index (χ1) is 7.93. The summed E-state index contributed by atoms with van der Waals surface area (Å²) in [5.41, 5.74) is 4.88. The summed E-state index contributed by atoms with van der Waals surface area (Å²) in [5.74, 6) is -1.41. The largest absolute Gasteiger partial charge is 0.368 e. The van der Waals surface area contributed by atoms with Gasteiger partial charge in [0.15, 0.2) is 0 Å². The first kappa shape index (κ1) is 12.6. The third-order valence-corrected chi connectivity index (χ3v) is 2.09. The maximum atomic E-state index is 11.6. The molecule has 0 aliphatic heterocycles. The summed E-state index contributed by atoms with van der Waals surface area (Å²) in [6.45, 7) is 1.17. The fraction of sp³-hybridized carbons (Fsp3) is 0.200. The second-order valence-electron chi connectivity index (χ2n) is 3.38. The summed E-state index contributed by atoms with van der Waals surface area (Å²) < 4.78 is 0. The number of benzene rings is 1. The molecule has 0 unspecified atom stereocenters. The van der Waals surface area contributed by atoms with Crippen molar-refractivity contribution in [3.63, 3.8) is 0 Å². The van der Waals surface area contributed by atoms with Gasteiger partial charge in [0.2, 0.25) is 5.91 Å². The minimum absolute atomic E-state index is 0.0868. The van der Waals surface area contributed by atoms with E-state index in [1.807, 2.05) is 0 Å². The van der Waals surface area contributed by atoms with E-state index in [1.54, 1.807) is 0 Å². The van der Waals surface area contributed by atoms with Crippen LogP contribution in [0, 0.1) is 17.0 Å². The third-order valence-electron chi connectivity index (χ3n) is 2.09. The lowest BCUT2D eigenvalue weighted by Crippen LogP contribution is -2.33. The first-order valence-electron chi connectivity index (χ1n) is 4.74. The lowest BCUT2D eigenvalue weighted by atomic mass is 10.1. The van der Waals surface area contributed by atoms with Gasteiger partial charge < -0.3 is 11.1 Å². The van der Waals surface area contributed by atoms with Crippen molar-refractivity contribution in [1.29, 1.82) is 0 Å². The predicted octanol–water partition coefficient (Wildman–Crippen LogP) is 0.118. The summed E-state index contributed by atoms with van der Waals surface area (Å²) in [6, 6.07) is 4.38. The number of aryl methyl sites for hydroxylation is 1. The molecule has 0 aromatic heterocycles. The van der Waals surface area contributed by atoms with E-state index in [9.17, 15) is 19.7 Å². The van der Waals surface area contributed by atoms with E-state index in [2.05, 4.69) is 5.32 Å². The molecule has 0 aliphatic carbocycles. The number of hydrogen-bond acceptors (Lipinski definition) is 4. The zero-order valence-electron chi connectivity index (χ0n) is 9.10. The van der Waals surface area contributed by atoms with Gasteiger partial charge in [0.1, 0.15) is 5.56 Å². The third kappa shape index (κ3) is 3.00. The molecule has 1 aromatic rings. The number of nitro benzene ring substituents is 1. The smallest absolute Gasteiger partial charge is 0.285 e. The van der Waals surface area contributed by atoms with Crippen LogP contribution in [0.2, 0.25) is 0 Å². The van der Waals surface area contributed by atoms with Crippen LogP contribution in [-0.4, -0.2) is 23.3 Å². The SMILES string of the molecule is Cc1cccc(C(=O)NCC(N)=O)c1[N+](=O)[O-]. The zero-order chi connectivity index (χ0) is 13.0. The average molecular weight is 237 g/mol. The molecule has 1 aromatic carbocycles. The summed E-state index contributed by atoms with van der Waals surface area (Å²) in [6.07, 6.45) is 0. The Balaban J connectivity index is 3.05. The van der Waals surface area contributed by atoms with Gasteiger partial charge in [-0.3, -0.25) is 19.7 Å². The Morgan fingerprint density at radius 2 is 2.12 bits per heavy atom. The lowest BCUT2D eigenvalue weighted by molar-refractivity contribution is -0.385. The van der Waals surface area contributed by atoms with E-state index < -0.39 is 16.7 Å². The van der Waals surface area contributed by atoms with E-state index in [0.29, 0.717) is 5.56 Å². The lowest BCUT2D eigenvalue weighted by Gasteiger charge is -2.05. The van der Waals surface area contributed by atoms with Crippen LogP contribution in [0.4, 0.5) is 5.69 Å². The molecule has 17 heavy (non-hydrogen) atoms. The molecule has 0 aliphatic rings. The number of nitrogens with two attached hydrogens (primary N) is 1. The highest BCUT2D eigenvalue weighted by molar-refractivity contribution is 6.00. The fourth-order valence-electron chi connectivity index (χ4n) is 1.35. The van der Waals surface area contributed by atoms with Crippen molar-refractivity contribution in [3.05, 3.63) is 39.4 Å². The number of rotatable bonds is 4. The summed E-state index contributed by atoms with van der Waals surface area (Å²) in [7, 11) is 0. The number of para-hydroxylation sites is 1. The molecule has 0 bridgehead atoms. The molecule has 0 atom stereocenters. The van der Waals surface area contributed by atoms with Gasteiger partial charge in [-0.05, 0) is 13.0 Å². The molecule has 0 spiro atoms. The molecule has 90 valence electrons. The standard InChI is InChI=1S/C10H11N3O4/c1-6-3-2-4-7(9(6)13(16)17)10(15)12-5-8(11)14/h2-4H,5H2,1H3,(H2,11,14)(H,12,15). The Morgan fingerprint density at radius 3 is 2.65 bits per heavy atom. The minimum atomic E-state index is -0.714. The Morgan fingerprint density at radius 1 is 1.47 bits per heavy atom. The van der Waals surface area contributed by atoms with Crippen molar-refractivity contribution in [2.45, 2.75) is 6.92 Å². The van der Waals surface area contributed by atoms with Crippen LogP contribution in [0.5, 0.6) is 0 Å². The van der Waals surface area contributed by atoms with Crippen LogP contribution < -0.4 is 11.1 Å². The maximum absolute atomic E-state index is 11.6. The number of hydrogen-bond donors (Lipinski definition) is 2. The molecule has 3 N–H and O–H groups in total. The quantitative estimate of drug-likeness (QED) is 0.571. The summed E-state index contributed by atoms with van der Waals surface area (Å²) >= 11 is 0. The molecule has 0 saturated heterocycles. The van der Waals surface area contributed by atoms with Crippen LogP contribution in [0.3, 0.4) is 0 Å². The fourth-order valence-corrected chi connectivity index (χ4v) is 1.35. The van der Waals surface area contributed by atoms with Crippen molar-refractivity contribution < 1.29 is 14.5 Å². The van der Waals surface area contributed by atoms with E-state index in [4.69, 9.17) is 5.73 Å². The first-order valence-corrected chi connectivity index (χ1v) is 4.74. The predicted molar refractivity (Wildman–Crippen MR) is 59.4 cm³/mol. The number of nitrogens with one attached hydrogen (secondary N) is 1. The summed E-state index contributed by atoms with van der Waals surface area (Å²) in [4.78, 5) is 32.3. The van der Waals surface area contributed by atoms with Gasteiger partial charge in [-0.1, -0.05) is 12.1 Å². The molecule has 0 fully saturated rings. The van der Waals surface area contributed by atoms with E-state index in [0.717, 1.165) is 0 Å². The van der Waals surface area contributed by atoms with Crippen molar-refractivity contribution in [3.8, 4) is 0 Å². The Labute approximate surface area is 96.8 Å². The highest BCUT2D eigenvalue weighted by Crippen LogP contribution is 2.22. The Hall–Kier alpha value is -2.44. The van der Waals surface area contributed by atoms with Gasteiger partial charge in [0.25, 0.3) is 11.6 Å². The van der Waals surface area contributed by atoms with Gasteiger partial charge in [-0.15, -0.1) is 0 Å². The number of carbonyl (C=O) groups is 2. The molecular formula is C10H11N3O4. The zero-order valence-corrected chi connectivity index (χ0v) is 9.10. The maximum Gasteiger partial charge on any atom is 0.285 e. The minimum Gasteiger partial charge on any atom is -0.368 e. The second-order valence-corrected chi connectivity index (χ2v) is 3.38. The van der Waals surface area contributed by atoms with Crippen molar-refractivity contribution >= 4 is 17.5 Å². The van der Waals surface area contributed by atoms with Crippen LogP contribution in [0.25, 0.3) is 0 Å². The van der Waals surface area contributed by atoms with Gasteiger partial charge in [0.05, 0.1) is 11.5 Å². The van der Waals surface area contributed by atoms with Crippen molar-refractivity contribution in [2.24, 2.45) is 5.73 Å². The molecular weight excluding hydrogens is 226 g/mol. The number of nitro groups is 1. The van der Waals surface area contributed by atoms with Crippen molar-refractivity contribution in [2.75, 3.05) is 6.54 Å². The molecule has 7 heteroatoms. The van der Waals surface area contributed by atoms with E-state index in [-0.39, 0.29) is 17.8 Å². The number of carbonyl (C=O) groups excluding carboxylic acids is 2. The molecule has 0 saturated carbocycles. The number of amides is 2. The van der Waals surface area contributed by atoms with Gasteiger partial charge in [-0.25, -0.2) is 0 Å². The topological polar surface area (TPSA) is 115 Å². The molecule has 0 radical (unpaired) electrons. The normalized spacial score (nSPS) is 9.71. The molecule has 0 heterocycles. The number of nitrogens with zero attached hydrogens (tertiary/aromatic N) is 1. The monoisotopic (exact) mass is 237 g/mol. The second kappa shape index (κ2) is 5.06. The van der Waals surface area contributed by atoms with Gasteiger partial charge in [0, 0.05) is 5.56 Å². The number of primary amides is 1. The van der Waals surface area contributed by atoms with Crippen LogP contribution in [0.15, 0.2) is 18.2 Å².